The minimum atomic E-state index is -0.418. The minimum Gasteiger partial charge on any atom is -0.337 e. The summed E-state index contributed by atoms with van der Waals surface area (Å²) in [6, 6.07) is -0.418. The summed E-state index contributed by atoms with van der Waals surface area (Å²) < 4.78 is 0. The lowest BCUT2D eigenvalue weighted by atomic mass is 9.97. The van der Waals surface area contributed by atoms with Gasteiger partial charge in [-0.1, -0.05) is 11.6 Å². The van der Waals surface area contributed by atoms with Crippen LogP contribution in [-0.4, -0.2) is 62.0 Å². The Kier molecular flexibility index (Phi) is 7.24. The smallest absolute Gasteiger partial charge is 0.321 e. The topological polar surface area (TPSA) is 83.0 Å². The summed E-state index contributed by atoms with van der Waals surface area (Å²) >= 11 is 0. The highest BCUT2D eigenvalue weighted by Crippen LogP contribution is 2.19. The van der Waals surface area contributed by atoms with E-state index in [1.807, 2.05) is 0 Å². The zero-order valence-electron chi connectivity index (χ0n) is 14.5. The molecular weight excluding hydrogens is 308 g/mol. The van der Waals surface area contributed by atoms with Crippen LogP contribution in [0.25, 0.3) is 0 Å². The van der Waals surface area contributed by atoms with Crippen LogP contribution in [-0.2, 0) is 9.59 Å². The van der Waals surface area contributed by atoms with E-state index >= 15 is 0 Å². The molecule has 24 heavy (non-hydrogen) atoms. The number of allylic oxidation sites excluding steroid dienone is 1. The van der Waals surface area contributed by atoms with Crippen molar-refractivity contribution in [3.63, 3.8) is 0 Å². The van der Waals surface area contributed by atoms with E-state index in [1.165, 1.54) is 18.4 Å². The molecule has 1 fully saturated rings. The Bertz CT molecular complexity index is 496. The Morgan fingerprint density at radius 2 is 1.96 bits per heavy atom. The molecule has 0 atom stereocenters. The summed E-state index contributed by atoms with van der Waals surface area (Å²) in [5.74, 6) is -0.193. The van der Waals surface area contributed by atoms with Gasteiger partial charge < -0.3 is 15.1 Å². The van der Waals surface area contributed by atoms with Crippen molar-refractivity contribution in [2.24, 2.45) is 0 Å². The van der Waals surface area contributed by atoms with Gasteiger partial charge >= 0.3 is 6.03 Å². The Hall–Kier alpha value is -1.89. The zero-order chi connectivity index (χ0) is 17.4. The minimum absolute atomic E-state index is 0.0750. The first-order valence-corrected chi connectivity index (χ1v) is 8.89. The highest BCUT2D eigenvalue weighted by molar-refractivity contribution is 5.94. The number of nitrogens with zero attached hydrogens (tertiary/aromatic N) is 1. The molecule has 0 bridgehead atoms. The third-order valence-electron chi connectivity index (χ3n) is 4.70. The Morgan fingerprint density at radius 1 is 1.21 bits per heavy atom. The fraction of sp³-hybridized carbons (Fsp3) is 0.706. The van der Waals surface area contributed by atoms with Crippen LogP contribution in [0.3, 0.4) is 0 Å². The van der Waals surface area contributed by atoms with E-state index in [-0.39, 0.29) is 18.4 Å². The van der Waals surface area contributed by atoms with E-state index in [1.54, 1.807) is 11.8 Å². The molecule has 7 nitrogen and oxygen atoms in total. The molecule has 1 saturated heterocycles. The van der Waals surface area contributed by atoms with Crippen molar-refractivity contribution < 1.29 is 19.3 Å². The predicted octanol–water partition coefficient (Wildman–Crippen LogP) is -0.550. The molecule has 7 heteroatoms. The summed E-state index contributed by atoms with van der Waals surface area (Å²) in [6.45, 7) is 5.20. The van der Waals surface area contributed by atoms with Gasteiger partial charge in [-0.3, -0.25) is 14.9 Å². The van der Waals surface area contributed by atoms with Crippen molar-refractivity contribution >= 4 is 17.8 Å². The molecule has 4 amide bonds. The Morgan fingerprint density at radius 3 is 2.58 bits per heavy atom. The summed E-state index contributed by atoms with van der Waals surface area (Å²) in [7, 11) is 0. The lowest BCUT2D eigenvalue weighted by molar-refractivity contribution is -0.896. The van der Waals surface area contributed by atoms with Gasteiger partial charge in [0.15, 0.2) is 6.54 Å². The van der Waals surface area contributed by atoms with E-state index in [2.05, 4.69) is 16.7 Å². The van der Waals surface area contributed by atoms with E-state index in [4.69, 9.17) is 0 Å². The second-order valence-electron chi connectivity index (χ2n) is 6.60. The number of nitrogens with one attached hydrogen (secondary N) is 3. The van der Waals surface area contributed by atoms with Crippen molar-refractivity contribution in [3.8, 4) is 0 Å². The highest BCUT2D eigenvalue weighted by atomic mass is 16.2. The first kappa shape index (κ1) is 18.4. The number of piperazine rings is 1. The predicted molar refractivity (Wildman–Crippen MR) is 90.5 cm³/mol. The standard InChI is InChI=1S/C17H28N4O3/c1-14(22)21-11-9-20(10-12-21)13-16(23)19-17(24)18-8-7-15-5-3-2-4-6-15/h5H,2-4,6-13H2,1H3,(H2,18,19,23,24)/p+1. The lowest BCUT2D eigenvalue weighted by Gasteiger charge is -2.31. The monoisotopic (exact) mass is 337 g/mol. The fourth-order valence-electron chi connectivity index (χ4n) is 3.22. The van der Waals surface area contributed by atoms with Crippen molar-refractivity contribution in [2.45, 2.75) is 39.0 Å². The molecule has 1 aliphatic heterocycles. The van der Waals surface area contributed by atoms with Crippen LogP contribution < -0.4 is 15.5 Å². The maximum atomic E-state index is 11.9. The average molecular weight is 337 g/mol. The van der Waals surface area contributed by atoms with Gasteiger partial charge in [-0.05, 0) is 32.1 Å². The molecule has 2 rings (SSSR count). The van der Waals surface area contributed by atoms with Gasteiger partial charge in [0.2, 0.25) is 5.91 Å². The van der Waals surface area contributed by atoms with Crippen LogP contribution in [0.4, 0.5) is 4.79 Å². The maximum Gasteiger partial charge on any atom is 0.321 e. The zero-order valence-corrected chi connectivity index (χ0v) is 14.5. The molecule has 0 saturated carbocycles. The Labute approximate surface area is 143 Å². The largest absolute Gasteiger partial charge is 0.337 e. The Balaban J connectivity index is 1.59. The summed E-state index contributed by atoms with van der Waals surface area (Å²) in [5.41, 5.74) is 1.40. The molecule has 1 heterocycles. The number of imide groups is 1. The molecule has 0 radical (unpaired) electrons. The number of amides is 4. The van der Waals surface area contributed by atoms with Crippen LogP contribution in [0, 0.1) is 0 Å². The molecule has 1 aliphatic carbocycles. The van der Waals surface area contributed by atoms with Crippen LogP contribution in [0.1, 0.15) is 39.0 Å². The normalized spacial score (nSPS) is 18.7. The molecule has 134 valence electrons. The van der Waals surface area contributed by atoms with Gasteiger partial charge in [0.05, 0.1) is 26.2 Å². The van der Waals surface area contributed by atoms with Crippen molar-refractivity contribution in [2.75, 3.05) is 39.3 Å². The second kappa shape index (κ2) is 9.42. The quantitative estimate of drug-likeness (QED) is 0.589. The molecular formula is C17H29N4O3+. The van der Waals surface area contributed by atoms with Gasteiger partial charge in [-0.25, -0.2) is 4.79 Å². The molecule has 0 aromatic rings. The number of hydrogen-bond acceptors (Lipinski definition) is 3. The number of quaternary nitrogens is 1. The first-order chi connectivity index (χ1) is 11.5. The van der Waals surface area contributed by atoms with Crippen LogP contribution in [0.15, 0.2) is 11.6 Å². The second-order valence-corrected chi connectivity index (χ2v) is 6.60. The molecule has 0 spiro atoms. The van der Waals surface area contributed by atoms with E-state index in [0.29, 0.717) is 19.6 Å². The van der Waals surface area contributed by atoms with E-state index in [9.17, 15) is 14.4 Å². The lowest BCUT2D eigenvalue weighted by Crippen LogP contribution is -3.15. The van der Waals surface area contributed by atoms with Gasteiger partial charge in [0, 0.05) is 13.5 Å². The molecule has 3 N–H and O–H groups in total. The van der Waals surface area contributed by atoms with Crippen LogP contribution in [0.5, 0.6) is 0 Å². The third kappa shape index (κ3) is 6.31. The molecule has 0 aromatic heterocycles. The number of rotatable bonds is 5. The number of carbonyl (C=O) groups excluding carboxylic acids is 3. The van der Waals surface area contributed by atoms with Gasteiger partial charge in [-0.2, -0.15) is 0 Å². The number of hydrogen-bond donors (Lipinski definition) is 3. The van der Waals surface area contributed by atoms with Gasteiger partial charge in [0.25, 0.3) is 5.91 Å². The highest BCUT2D eigenvalue weighted by Gasteiger charge is 2.23. The summed E-state index contributed by atoms with van der Waals surface area (Å²) in [5, 5.41) is 5.14. The fourth-order valence-corrected chi connectivity index (χ4v) is 3.22. The maximum absolute atomic E-state index is 11.9. The van der Waals surface area contributed by atoms with E-state index in [0.717, 1.165) is 37.3 Å². The average Bonchev–Trinajstić information content (AvgIpc) is 2.56. The third-order valence-corrected chi connectivity index (χ3v) is 4.70. The van der Waals surface area contributed by atoms with Gasteiger partial charge in [0.1, 0.15) is 0 Å². The number of carbonyl (C=O) groups is 3. The van der Waals surface area contributed by atoms with Crippen LogP contribution in [0.2, 0.25) is 0 Å². The van der Waals surface area contributed by atoms with Crippen molar-refractivity contribution in [1.82, 2.24) is 15.5 Å². The van der Waals surface area contributed by atoms with Gasteiger partial charge in [-0.15, -0.1) is 0 Å². The SMILES string of the molecule is CC(=O)N1CC[NH+](CC(=O)NC(=O)NCCC2=CCCCC2)CC1. The summed E-state index contributed by atoms with van der Waals surface area (Å²) in [6.07, 6.45) is 7.88. The summed E-state index contributed by atoms with van der Waals surface area (Å²) in [4.78, 5) is 37.8. The molecule has 2 aliphatic rings. The molecule has 0 aromatic carbocycles. The van der Waals surface area contributed by atoms with Crippen molar-refractivity contribution in [1.29, 1.82) is 0 Å². The van der Waals surface area contributed by atoms with E-state index < -0.39 is 6.03 Å². The number of urea groups is 1. The molecule has 0 unspecified atom stereocenters. The van der Waals surface area contributed by atoms with Crippen molar-refractivity contribution in [3.05, 3.63) is 11.6 Å². The first-order valence-electron chi connectivity index (χ1n) is 8.89. The van der Waals surface area contributed by atoms with Crippen LogP contribution >= 0.6 is 0 Å².